The van der Waals surface area contributed by atoms with Gasteiger partial charge in [0.25, 0.3) is 11.9 Å². The van der Waals surface area contributed by atoms with Gasteiger partial charge in [-0.05, 0) is 17.7 Å². The topological polar surface area (TPSA) is 16.1 Å². The quantitative estimate of drug-likeness (QED) is 0.637. The first-order valence-electron chi connectivity index (χ1n) is 5.66. The SMILES string of the molecule is CN(Cc1ccc(F)c(F)c1)c1c(F)c(F)nc(F)c1F. The molecule has 2 nitrogen and oxygen atoms in total. The third-order valence-electron chi connectivity index (χ3n) is 2.76. The van der Waals surface area contributed by atoms with Crippen molar-refractivity contribution in [2.24, 2.45) is 0 Å². The number of halogens is 6. The van der Waals surface area contributed by atoms with Crippen LogP contribution in [-0.4, -0.2) is 12.0 Å². The van der Waals surface area contributed by atoms with Gasteiger partial charge in [-0.1, -0.05) is 6.07 Å². The van der Waals surface area contributed by atoms with Crippen LogP contribution in [0.3, 0.4) is 0 Å². The van der Waals surface area contributed by atoms with Crippen LogP contribution in [0.5, 0.6) is 0 Å². The van der Waals surface area contributed by atoms with Gasteiger partial charge in [0.2, 0.25) is 11.6 Å². The van der Waals surface area contributed by atoms with Gasteiger partial charge in [-0.25, -0.2) is 8.78 Å². The van der Waals surface area contributed by atoms with Crippen molar-refractivity contribution in [1.82, 2.24) is 4.98 Å². The van der Waals surface area contributed by atoms with Crippen LogP contribution in [0.4, 0.5) is 32.0 Å². The number of hydrogen-bond acceptors (Lipinski definition) is 2. The average molecular weight is 306 g/mol. The molecule has 0 radical (unpaired) electrons. The fourth-order valence-electron chi connectivity index (χ4n) is 1.80. The molecule has 0 aliphatic heterocycles. The lowest BCUT2D eigenvalue weighted by atomic mass is 10.2. The van der Waals surface area contributed by atoms with E-state index < -0.39 is 40.9 Å². The smallest absolute Gasteiger partial charge is 0.253 e. The van der Waals surface area contributed by atoms with Gasteiger partial charge in [0.1, 0.15) is 5.69 Å². The highest BCUT2D eigenvalue weighted by atomic mass is 19.2. The van der Waals surface area contributed by atoms with Crippen molar-refractivity contribution >= 4 is 5.69 Å². The molecule has 0 saturated carbocycles. The van der Waals surface area contributed by atoms with Crippen LogP contribution in [0, 0.1) is 35.2 Å². The molecule has 0 atom stereocenters. The second-order valence-corrected chi connectivity index (χ2v) is 4.27. The number of nitrogens with zero attached hydrogens (tertiary/aromatic N) is 2. The Morgan fingerprint density at radius 3 is 2.00 bits per heavy atom. The van der Waals surface area contributed by atoms with Gasteiger partial charge in [-0.15, -0.1) is 0 Å². The number of pyridine rings is 1. The zero-order chi connectivity index (χ0) is 15.7. The molecule has 0 spiro atoms. The van der Waals surface area contributed by atoms with E-state index in [-0.39, 0.29) is 12.1 Å². The molecule has 112 valence electrons. The fourth-order valence-corrected chi connectivity index (χ4v) is 1.80. The Balaban J connectivity index is 2.36. The fraction of sp³-hybridized carbons (Fsp3) is 0.154. The Kier molecular flexibility index (Phi) is 4.06. The zero-order valence-electron chi connectivity index (χ0n) is 10.6. The molecule has 0 fully saturated rings. The van der Waals surface area contributed by atoms with Crippen LogP contribution in [0.2, 0.25) is 0 Å². The molecule has 0 aliphatic carbocycles. The summed E-state index contributed by atoms with van der Waals surface area (Å²) in [7, 11) is 1.14. The summed E-state index contributed by atoms with van der Waals surface area (Å²) in [6.45, 7) is -0.298. The summed E-state index contributed by atoms with van der Waals surface area (Å²) in [4.78, 5) is 3.25. The molecule has 0 N–H and O–H groups in total. The standard InChI is InChI=1S/C13H8F6N2/c1-21(5-6-2-3-7(14)8(15)4-6)11-9(16)12(18)20-13(19)10(11)17/h2-4H,5H2,1H3. The summed E-state index contributed by atoms with van der Waals surface area (Å²) < 4.78 is 78.9. The van der Waals surface area contributed by atoms with Crippen LogP contribution < -0.4 is 4.90 Å². The molecule has 0 unspecified atom stereocenters. The first kappa shape index (κ1) is 15.1. The lowest BCUT2D eigenvalue weighted by Gasteiger charge is -2.20. The van der Waals surface area contributed by atoms with Crippen LogP contribution in [0.15, 0.2) is 18.2 Å². The molecule has 0 bridgehead atoms. The average Bonchev–Trinajstić information content (AvgIpc) is 2.41. The molecule has 2 rings (SSSR count). The van der Waals surface area contributed by atoms with Gasteiger partial charge in [0.05, 0.1) is 0 Å². The van der Waals surface area contributed by atoms with E-state index in [0.29, 0.717) is 0 Å². The Morgan fingerprint density at radius 1 is 0.905 bits per heavy atom. The number of anilines is 1. The number of aromatic nitrogens is 1. The second-order valence-electron chi connectivity index (χ2n) is 4.27. The summed E-state index contributed by atoms with van der Waals surface area (Å²) in [6, 6.07) is 2.83. The van der Waals surface area contributed by atoms with E-state index in [1.165, 1.54) is 6.07 Å². The molecule has 1 heterocycles. The van der Waals surface area contributed by atoms with Gasteiger partial charge in [0.15, 0.2) is 11.6 Å². The first-order chi connectivity index (χ1) is 9.81. The van der Waals surface area contributed by atoms with E-state index in [2.05, 4.69) is 4.98 Å². The van der Waals surface area contributed by atoms with Crippen LogP contribution in [0.25, 0.3) is 0 Å². The van der Waals surface area contributed by atoms with Crippen molar-refractivity contribution in [3.8, 4) is 0 Å². The predicted octanol–water partition coefficient (Wildman–Crippen LogP) is 3.55. The molecule has 21 heavy (non-hydrogen) atoms. The molecule has 1 aromatic heterocycles. The largest absolute Gasteiger partial charge is 0.365 e. The first-order valence-corrected chi connectivity index (χ1v) is 5.66. The molecule has 0 amide bonds. The summed E-state index contributed by atoms with van der Waals surface area (Å²) in [6.07, 6.45) is 0. The number of rotatable bonds is 3. The molecule has 1 aromatic carbocycles. The third kappa shape index (κ3) is 2.93. The van der Waals surface area contributed by atoms with E-state index >= 15 is 0 Å². The van der Waals surface area contributed by atoms with Crippen LogP contribution in [-0.2, 0) is 6.54 Å². The third-order valence-corrected chi connectivity index (χ3v) is 2.76. The van der Waals surface area contributed by atoms with E-state index in [1.807, 2.05) is 0 Å². The Bertz CT molecular complexity index is 663. The van der Waals surface area contributed by atoms with E-state index in [0.717, 1.165) is 24.1 Å². The van der Waals surface area contributed by atoms with Gasteiger partial charge in [-0.3, -0.25) is 0 Å². The highest BCUT2D eigenvalue weighted by molar-refractivity contribution is 5.48. The normalized spacial score (nSPS) is 10.8. The van der Waals surface area contributed by atoms with Crippen LogP contribution >= 0.6 is 0 Å². The molecular formula is C13H8F6N2. The summed E-state index contributed by atoms with van der Waals surface area (Å²) in [5.41, 5.74) is -0.822. The minimum absolute atomic E-state index is 0.160. The molecule has 0 aliphatic rings. The number of hydrogen-bond donors (Lipinski definition) is 0. The lowest BCUT2D eigenvalue weighted by Crippen LogP contribution is -2.21. The van der Waals surface area contributed by atoms with Crippen molar-refractivity contribution in [2.75, 3.05) is 11.9 Å². The maximum absolute atomic E-state index is 13.5. The minimum Gasteiger partial charge on any atom is -0.365 e. The number of benzene rings is 1. The van der Waals surface area contributed by atoms with Crippen molar-refractivity contribution in [3.63, 3.8) is 0 Å². The van der Waals surface area contributed by atoms with Crippen molar-refractivity contribution in [2.45, 2.75) is 6.54 Å². The van der Waals surface area contributed by atoms with Crippen molar-refractivity contribution < 1.29 is 26.3 Å². The molecule has 2 aromatic rings. The minimum atomic E-state index is -1.79. The van der Waals surface area contributed by atoms with Crippen molar-refractivity contribution in [3.05, 3.63) is 58.9 Å². The maximum Gasteiger partial charge on any atom is 0.253 e. The zero-order valence-corrected chi connectivity index (χ0v) is 10.6. The van der Waals surface area contributed by atoms with Gasteiger partial charge >= 0.3 is 0 Å². The van der Waals surface area contributed by atoms with E-state index in [4.69, 9.17) is 0 Å². The van der Waals surface area contributed by atoms with Gasteiger partial charge in [0, 0.05) is 13.6 Å². The predicted molar refractivity (Wildman–Crippen MR) is 62.5 cm³/mol. The second kappa shape index (κ2) is 5.63. The van der Waals surface area contributed by atoms with E-state index in [9.17, 15) is 26.3 Å². The summed E-state index contributed by atoms with van der Waals surface area (Å²) >= 11 is 0. The molecule has 0 saturated heterocycles. The van der Waals surface area contributed by atoms with E-state index in [1.54, 1.807) is 0 Å². The van der Waals surface area contributed by atoms with Crippen molar-refractivity contribution in [1.29, 1.82) is 0 Å². The Hall–Kier alpha value is -2.25. The molecular weight excluding hydrogens is 298 g/mol. The summed E-state index contributed by atoms with van der Waals surface area (Å²) in [5.74, 6) is -9.14. The monoisotopic (exact) mass is 306 g/mol. The Morgan fingerprint density at radius 2 is 1.48 bits per heavy atom. The molecule has 8 heteroatoms. The van der Waals surface area contributed by atoms with Crippen LogP contribution in [0.1, 0.15) is 5.56 Å². The highest BCUT2D eigenvalue weighted by Crippen LogP contribution is 2.26. The van der Waals surface area contributed by atoms with Gasteiger partial charge in [-0.2, -0.15) is 22.5 Å². The Labute approximate surface area is 115 Å². The maximum atomic E-state index is 13.5. The highest BCUT2D eigenvalue weighted by Gasteiger charge is 2.23. The summed E-state index contributed by atoms with van der Waals surface area (Å²) in [5, 5.41) is 0. The lowest BCUT2D eigenvalue weighted by molar-refractivity contribution is 0.407. The van der Waals surface area contributed by atoms with Gasteiger partial charge < -0.3 is 4.90 Å².